The first kappa shape index (κ1) is 15.5. The summed E-state index contributed by atoms with van der Waals surface area (Å²) in [7, 11) is 0. The van der Waals surface area contributed by atoms with Gasteiger partial charge in [0.05, 0.1) is 12.2 Å². The van der Waals surface area contributed by atoms with E-state index in [1.54, 1.807) is 0 Å². The summed E-state index contributed by atoms with van der Waals surface area (Å²) in [6, 6.07) is 5.75. The van der Waals surface area contributed by atoms with Gasteiger partial charge in [0.25, 0.3) is 5.91 Å². The number of aliphatic hydroxyl groups is 1. The SMILES string of the molecule is Cc1ccc(Br)c(C(=O)NCC2(CO)CCCCC2)c1. The average Bonchev–Trinajstić information content (AvgIpc) is 2.48. The number of carbonyl (C=O) groups excluding carboxylic acids is 1. The maximum Gasteiger partial charge on any atom is 0.252 e. The Morgan fingerprint density at radius 1 is 1.35 bits per heavy atom. The van der Waals surface area contributed by atoms with Crippen molar-refractivity contribution < 1.29 is 9.90 Å². The maximum atomic E-state index is 12.3. The van der Waals surface area contributed by atoms with E-state index in [2.05, 4.69) is 21.2 Å². The van der Waals surface area contributed by atoms with Gasteiger partial charge in [-0.2, -0.15) is 0 Å². The molecule has 1 aliphatic rings. The summed E-state index contributed by atoms with van der Waals surface area (Å²) in [6.45, 7) is 2.69. The smallest absolute Gasteiger partial charge is 0.252 e. The molecule has 1 aromatic carbocycles. The van der Waals surface area contributed by atoms with E-state index in [-0.39, 0.29) is 17.9 Å². The van der Waals surface area contributed by atoms with Crippen LogP contribution in [-0.2, 0) is 0 Å². The third-order valence-corrected chi connectivity index (χ3v) is 4.93. The third kappa shape index (κ3) is 3.61. The van der Waals surface area contributed by atoms with Crippen molar-refractivity contribution in [3.05, 3.63) is 33.8 Å². The van der Waals surface area contributed by atoms with Crippen molar-refractivity contribution in [3.8, 4) is 0 Å². The Morgan fingerprint density at radius 3 is 2.70 bits per heavy atom. The van der Waals surface area contributed by atoms with Crippen LogP contribution in [0.4, 0.5) is 0 Å². The molecule has 0 radical (unpaired) electrons. The van der Waals surface area contributed by atoms with Crippen LogP contribution in [0.2, 0.25) is 0 Å². The zero-order valence-electron chi connectivity index (χ0n) is 11.9. The van der Waals surface area contributed by atoms with Crippen LogP contribution in [-0.4, -0.2) is 24.2 Å². The maximum absolute atomic E-state index is 12.3. The summed E-state index contributed by atoms with van der Waals surface area (Å²) in [5, 5.41) is 12.7. The van der Waals surface area contributed by atoms with Gasteiger partial charge in [-0.05, 0) is 47.8 Å². The van der Waals surface area contributed by atoms with E-state index in [1.807, 2.05) is 25.1 Å². The molecule has 4 heteroatoms. The van der Waals surface area contributed by atoms with Crippen LogP contribution in [0.15, 0.2) is 22.7 Å². The lowest BCUT2D eigenvalue weighted by Gasteiger charge is -2.35. The van der Waals surface area contributed by atoms with Gasteiger partial charge in [0.15, 0.2) is 0 Å². The Morgan fingerprint density at radius 2 is 2.05 bits per heavy atom. The number of halogens is 1. The van der Waals surface area contributed by atoms with Crippen LogP contribution in [0.5, 0.6) is 0 Å². The van der Waals surface area contributed by atoms with Crippen LogP contribution in [0, 0.1) is 12.3 Å². The summed E-state index contributed by atoms with van der Waals surface area (Å²) >= 11 is 3.42. The van der Waals surface area contributed by atoms with E-state index in [9.17, 15) is 9.90 Å². The predicted octanol–water partition coefficient (Wildman–Crippen LogP) is 3.43. The van der Waals surface area contributed by atoms with E-state index in [0.29, 0.717) is 12.1 Å². The van der Waals surface area contributed by atoms with Crippen molar-refractivity contribution in [2.24, 2.45) is 5.41 Å². The number of aliphatic hydroxyl groups excluding tert-OH is 1. The van der Waals surface area contributed by atoms with E-state index in [1.165, 1.54) is 6.42 Å². The minimum atomic E-state index is -0.121. The van der Waals surface area contributed by atoms with Gasteiger partial charge in [-0.15, -0.1) is 0 Å². The molecule has 1 aromatic rings. The van der Waals surface area contributed by atoms with Crippen molar-refractivity contribution in [3.63, 3.8) is 0 Å². The molecule has 2 N–H and O–H groups in total. The van der Waals surface area contributed by atoms with Crippen molar-refractivity contribution in [1.29, 1.82) is 0 Å². The number of hydrogen-bond acceptors (Lipinski definition) is 2. The predicted molar refractivity (Wildman–Crippen MR) is 83.8 cm³/mol. The first-order valence-electron chi connectivity index (χ1n) is 7.22. The second kappa shape index (κ2) is 6.72. The minimum absolute atomic E-state index is 0.0704. The lowest BCUT2D eigenvalue weighted by Crippen LogP contribution is -2.41. The number of carbonyl (C=O) groups is 1. The van der Waals surface area contributed by atoms with Crippen molar-refractivity contribution in [1.82, 2.24) is 5.32 Å². The van der Waals surface area contributed by atoms with Crippen LogP contribution in [0.25, 0.3) is 0 Å². The molecule has 0 saturated heterocycles. The Balaban J connectivity index is 2.02. The molecule has 20 heavy (non-hydrogen) atoms. The fourth-order valence-electron chi connectivity index (χ4n) is 2.87. The fourth-order valence-corrected chi connectivity index (χ4v) is 3.30. The fraction of sp³-hybridized carbons (Fsp3) is 0.562. The highest BCUT2D eigenvalue weighted by molar-refractivity contribution is 9.10. The van der Waals surface area contributed by atoms with E-state index in [4.69, 9.17) is 0 Å². The van der Waals surface area contributed by atoms with Gasteiger partial charge in [-0.3, -0.25) is 4.79 Å². The van der Waals surface area contributed by atoms with E-state index in [0.717, 1.165) is 35.7 Å². The Bertz CT molecular complexity index is 481. The zero-order chi connectivity index (χ0) is 14.6. The van der Waals surface area contributed by atoms with Crippen LogP contribution in [0.1, 0.15) is 48.0 Å². The van der Waals surface area contributed by atoms with Gasteiger partial charge >= 0.3 is 0 Å². The standard InChI is InChI=1S/C16H22BrNO2/c1-12-5-6-14(17)13(9-12)15(20)18-10-16(11-19)7-3-2-4-8-16/h5-6,9,19H,2-4,7-8,10-11H2,1H3,(H,18,20). The Labute approximate surface area is 128 Å². The quantitative estimate of drug-likeness (QED) is 0.882. The second-order valence-corrected chi connectivity index (χ2v) is 6.74. The molecule has 0 bridgehead atoms. The topological polar surface area (TPSA) is 49.3 Å². The van der Waals surface area contributed by atoms with Crippen molar-refractivity contribution in [2.45, 2.75) is 39.0 Å². The first-order chi connectivity index (χ1) is 9.56. The summed E-state index contributed by atoms with van der Waals surface area (Å²) in [6.07, 6.45) is 5.52. The van der Waals surface area contributed by atoms with Crippen molar-refractivity contribution >= 4 is 21.8 Å². The van der Waals surface area contributed by atoms with Gasteiger partial charge in [0, 0.05) is 16.4 Å². The van der Waals surface area contributed by atoms with Crippen LogP contribution < -0.4 is 5.32 Å². The van der Waals surface area contributed by atoms with Gasteiger partial charge in [-0.25, -0.2) is 0 Å². The largest absolute Gasteiger partial charge is 0.396 e. The van der Waals surface area contributed by atoms with Crippen LogP contribution in [0.3, 0.4) is 0 Å². The summed E-state index contributed by atoms with van der Waals surface area (Å²) in [4.78, 5) is 12.3. The lowest BCUT2D eigenvalue weighted by atomic mass is 9.74. The normalized spacial score (nSPS) is 17.8. The number of hydrogen-bond donors (Lipinski definition) is 2. The Kier molecular flexibility index (Phi) is 5.22. The van der Waals surface area contributed by atoms with Crippen LogP contribution >= 0.6 is 15.9 Å². The highest BCUT2D eigenvalue weighted by atomic mass is 79.9. The Hall–Kier alpha value is -0.870. The molecule has 1 fully saturated rings. The summed E-state index contributed by atoms with van der Waals surface area (Å²) in [5.41, 5.74) is 1.60. The van der Waals surface area contributed by atoms with E-state index >= 15 is 0 Å². The van der Waals surface area contributed by atoms with E-state index < -0.39 is 0 Å². The summed E-state index contributed by atoms with van der Waals surface area (Å²) < 4.78 is 0.808. The molecular weight excluding hydrogens is 318 g/mol. The van der Waals surface area contributed by atoms with Gasteiger partial charge in [0.1, 0.15) is 0 Å². The highest BCUT2D eigenvalue weighted by Crippen LogP contribution is 2.35. The molecule has 1 amide bonds. The molecule has 0 aliphatic heterocycles. The molecule has 1 saturated carbocycles. The zero-order valence-corrected chi connectivity index (χ0v) is 13.5. The highest BCUT2D eigenvalue weighted by Gasteiger charge is 2.31. The molecule has 0 unspecified atom stereocenters. The number of aryl methyl sites for hydroxylation is 1. The number of rotatable bonds is 4. The molecule has 3 nitrogen and oxygen atoms in total. The molecule has 1 aliphatic carbocycles. The minimum Gasteiger partial charge on any atom is -0.396 e. The molecule has 0 heterocycles. The van der Waals surface area contributed by atoms with Gasteiger partial charge < -0.3 is 10.4 Å². The molecule has 0 atom stereocenters. The van der Waals surface area contributed by atoms with Gasteiger partial charge in [0.2, 0.25) is 0 Å². The molecule has 2 rings (SSSR count). The number of amides is 1. The third-order valence-electron chi connectivity index (χ3n) is 4.24. The summed E-state index contributed by atoms with van der Waals surface area (Å²) in [5.74, 6) is -0.0704. The van der Waals surface area contributed by atoms with Gasteiger partial charge in [-0.1, -0.05) is 30.9 Å². The molecule has 0 spiro atoms. The number of benzene rings is 1. The number of nitrogens with one attached hydrogen (secondary N) is 1. The second-order valence-electron chi connectivity index (χ2n) is 5.88. The molecule has 0 aromatic heterocycles. The first-order valence-corrected chi connectivity index (χ1v) is 8.01. The lowest BCUT2D eigenvalue weighted by molar-refractivity contribution is 0.0717. The van der Waals surface area contributed by atoms with Crippen molar-refractivity contribution in [2.75, 3.05) is 13.2 Å². The average molecular weight is 340 g/mol. The molecule has 110 valence electrons. The molecular formula is C16H22BrNO2. The monoisotopic (exact) mass is 339 g/mol.